The Labute approximate surface area is 205 Å². The van der Waals surface area contributed by atoms with Crippen molar-refractivity contribution in [2.75, 3.05) is 33.0 Å². The SMILES string of the molecule is CC(C)C(NC(=O)c1ccc2ccccc2c1)C(=O)N1CCN(Cc2ccc3c(c2)OCO3)CC1. The minimum absolute atomic E-state index is 0.0152. The van der Waals surface area contributed by atoms with E-state index in [1.54, 1.807) is 0 Å². The van der Waals surface area contributed by atoms with Gasteiger partial charge in [-0.25, -0.2) is 0 Å². The number of carbonyl (C=O) groups excluding carboxylic acids is 2. The van der Waals surface area contributed by atoms with Crippen LogP contribution in [0.5, 0.6) is 11.5 Å². The number of fused-ring (bicyclic) bond motifs is 2. The lowest BCUT2D eigenvalue weighted by Gasteiger charge is -2.37. The highest BCUT2D eigenvalue weighted by Gasteiger charge is 2.31. The van der Waals surface area contributed by atoms with Gasteiger partial charge in [-0.05, 0) is 46.5 Å². The molecule has 0 saturated carbocycles. The molecule has 0 aliphatic carbocycles. The number of hydrogen-bond acceptors (Lipinski definition) is 5. The molecule has 2 amide bonds. The van der Waals surface area contributed by atoms with E-state index in [0.29, 0.717) is 18.7 Å². The number of carbonyl (C=O) groups is 2. The molecule has 2 aliphatic rings. The van der Waals surface area contributed by atoms with Gasteiger partial charge in [0, 0.05) is 38.3 Å². The lowest BCUT2D eigenvalue weighted by molar-refractivity contribution is -0.136. The summed E-state index contributed by atoms with van der Waals surface area (Å²) in [5, 5.41) is 5.09. The third-order valence-electron chi connectivity index (χ3n) is 6.76. The fourth-order valence-corrected chi connectivity index (χ4v) is 4.69. The number of nitrogens with one attached hydrogen (secondary N) is 1. The molecule has 7 heteroatoms. The van der Waals surface area contributed by atoms with Gasteiger partial charge in [0.25, 0.3) is 5.91 Å². The van der Waals surface area contributed by atoms with Crippen LogP contribution in [0.3, 0.4) is 0 Å². The molecule has 3 aromatic carbocycles. The average molecular weight is 474 g/mol. The Bertz CT molecular complexity index is 1230. The number of ether oxygens (including phenoxy) is 2. The zero-order valence-electron chi connectivity index (χ0n) is 20.2. The number of nitrogens with zero attached hydrogens (tertiary/aromatic N) is 2. The Morgan fingerprint density at radius 2 is 1.63 bits per heavy atom. The topological polar surface area (TPSA) is 71.1 Å². The Balaban J connectivity index is 1.19. The average Bonchev–Trinajstić information content (AvgIpc) is 3.35. The van der Waals surface area contributed by atoms with Gasteiger partial charge < -0.3 is 19.7 Å². The predicted octanol–water partition coefficient (Wildman–Crippen LogP) is 3.67. The summed E-state index contributed by atoms with van der Waals surface area (Å²) in [6.07, 6.45) is 0. The summed E-state index contributed by atoms with van der Waals surface area (Å²) in [4.78, 5) is 30.6. The van der Waals surface area contributed by atoms with Crippen molar-refractivity contribution in [2.45, 2.75) is 26.4 Å². The highest BCUT2D eigenvalue weighted by Crippen LogP contribution is 2.32. The normalized spacial score (nSPS) is 16.5. The minimum Gasteiger partial charge on any atom is -0.454 e. The number of piperazine rings is 1. The van der Waals surface area contributed by atoms with Gasteiger partial charge in [0.15, 0.2) is 11.5 Å². The molecule has 7 nitrogen and oxygen atoms in total. The Morgan fingerprint density at radius 3 is 2.40 bits per heavy atom. The molecule has 0 radical (unpaired) electrons. The molecular formula is C28H31N3O4. The van der Waals surface area contributed by atoms with Crippen LogP contribution in [0.4, 0.5) is 0 Å². The van der Waals surface area contributed by atoms with Gasteiger partial charge >= 0.3 is 0 Å². The maximum Gasteiger partial charge on any atom is 0.251 e. The van der Waals surface area contributed by atoms with E-state index in [-0.39, 0.29) is 24.5 Å². The first-order valence-electron chi connectivity index (χ1n) is 12.2. The zero-order valence-corrected chi connectivity index (χ0v) is 20.2. The molecule has 2 aliphatic heterocycles. The standard InChI is InChI=1S/C28H31N3O4/c1-19(2)26(29-27(32)23-9-8-21-5-3-4-6-22(21)16-23)28(33)31-13-11-30(12-14-31)17-20-7-10-24-25(15-20)35-18-34-24/h3-10,15-16,19,26H,11-14,17-18H2,1-2H3,(H,29,32). The van der Waals surface area contributed by atoms with Crippen molar-refractivity contribution in [1.29, 1.82) is 0 Å². The smallest absolute Gasteiger partial charge is 0.251 e. The molecule has 5 rings (SSSR count). The minimum atomic E-state index is -0.561. The van der Waals surface area contributed by atoms with Gasteiger partial charge in [-0.2, -0.15) is 0 Å². The van der Waals surface area contributed by atoms with Gasteiger partial charge in [-0.3, -0.25) is 14.5 Å². The van der Waals surface area contributed by atoms with Crippen molar-refractivity contribution < 1.29 is 19.1 Å². The quantitative estimate of drug-likeness (QED) is 0.592. The molecule has 1 atom stereocenters. The molecule has 3 aromatic rings. The summed E-state index contributed by atoms with van der Waals surface area (Å²) in [7, 11) is 0. The maximum absolute atomic E-state index is 13.4. The lowest BCUT2D eigenvalue weighted by atomic mass is 10.0. The summed E-state index contributed by atoms with van der Waals surface area (Å²) < 4.78 is 10.9. The summed E-state index contributed by atoms with van der Waals surface area (Å²) >= 11 is 0. The zero-order chi connectivity index (χ0) is 24.4. The molecule has 0 aromatic heterocycles. The second-order valence-electron chi connectivity index (χ2n) is 9.55. The summed E-state index contributed by atoms with van der Waals surface area (Å²) in [5.74, 6) is 1.33. The van der Waals surface area contributed by atoms with Crippen LogP contribution >= 0.6 is 0 Å². The fourth-order valence-electron chi connectivity index (χ4n) is 4.69. The van der Waals surface area contributed by atoms with E-state index in [9.17, 15) is 9.59 Å². The molecule has 0 bridgehead atoms. The van der Waals surface area contributed by atoms with E-state index in [2.05, 4.69) is 16.3 Å². The van der Waals surface area contributed by atoms with Gasteiger partial charge in [0.05, 0.1) is 0 Å². The van der Waals surface area contributed by atoms with E-state index in [1.165, 1.54) is 0 Å². The van der Waals surface area contributed by atoms with Crippen molar-refractivity contribution >= 4 is 22.6 Å². The van der Waals surface area contributed by atoms with Gasteiger partial charge in [0.2, 0.25) is 12.7 Å². The number of amides is 2. The fraction of sp³-hybridized carbons (Fsp3) is 0.357. The molecule has 2 heterocycles. The first-order valence-corrected chi connectivity index (χ1v) is 12.2. The number of benzene rings is 3. The van der Waals surface area contributed by atoms with Crippen LogP contribution in [-0.4, -0.2) is 60.6 Å². The van der Waals surface area contributed by atoms with Crippen LogP contribution in [0.1, 0.15) is 29.8 Å². The third-order valence-corrected chi connectivity index (χ3v) is 6.76. The Hall–Kier alpha value is -3.58. The first-order chi connectivity index (χ1) is 17.0. The van der Waals surface area contributed by atoms with Crippen LogP contribution in [-0.2, 0) is 11.3 Å². The van der Waals surface area contributed by atoms with E-state index < -0.39 is 6.04 Å². The molecule has 182 valence electrons. The monoisotopic (exact) mass is 473 g/mol. The molecule has 0 spiro atoms. The molecule has 35 heavy (non-hydrogen) atoms. The largest absolute Gasteiger partial charge is 0.454 e. The van der Waals surface area contributed by atoms with Crippen LogP contribution in [0.25, 0.3) is 10.8 Å². The van der Waals surface area contributed by atoms with Crippen LogP contribution in [0.15, 0.2) is 60.7 Å². The van der Waals surface area contributed by atoms with Crippen LogP contribution < -0.4 is 14.8 Å². The predicted molar refractivity (Wildman–Crippen MR) is 134 cm³/mol. The highest BCUT2D eigenvalue weighted by molar-refractivity contribution is 6.00. The molecule has 1 unspecified atom stereocenters. The Kier molecular flexibility index (Phi) is 6.59. The van der Waals surface area contributed by atoms with E-state index >= 15 is 0 Å². The maximum atomic E-state index is 13.4. The molecular weight excluding hydrogens is 442 g/mol. The Morgan fingerprint density at radius 1 is 0.886 bits per heavy atom. The van der Waals surface area contributed by atoms with Crippen molar-refractivity contribution in [3.8, 4) is 11.5 Å². The molecule has 1 N–H and O–H groups in total. The second kappa shape index (κ2) is 9.96. The lowest BCUT2D eigenvalue weighted by Crippen LogP contribution is -2.56. The summed E-state index contributed by atoms with van der Waals surface area (Å²) in [5.41, 5.74) is 1.73. The van der Waals surface area contributed by atoms with Gasteiger partial charge in [0.1, 0.15) is 6.04 Å². The van der Waals surface area contributed by atoms with Crippen LogP contribution in [0.2, 0.25) is 0 Å². The molecule has 1 saturated heterocycles. The van der Waals surface area contributed by atoms with Crippen molar-refractivity contribution in [3.05, 3.63) is 71.8 Å². The van der Waals surface area contributed by atoms with Crippen LogP contribution in [0, 0.1) is 5.92 Å². The third kappa shape index (κ3) is 5.10. The van der Waals surface area contributed by atoms with E-state index in [4.69, 9.17) is 9.47 Å². The first kappa shape index (κ1) is 23.2. The van der Waals surface area contributed by atoms with Gasteiger partial charge in [-0.15, -0.1) is 0 Å². The van der Waals surface area contributed by atoms with Crippen molar-refractivity contribution in [2.24, 2.45) is 5.92 Å². The second-order valence-corrected chi connectivity index (χ2v) is 9.55. The summed E-state index contributed by atoms with van der Waals surface area (Å²) in [6, 6.07) is 19.0. The van der Waals surface area contributed by atoms with Crippen molar-refractivity contribution in [1.82, 2.24) is 15.1 Å². The van der Waals surface area contributed by atoms with E-state index in [1.807, 2.05) is 73.3 Å². The van der Waals surface area contributed by atoms with Crippen molar-refractivity contribution in [3.63, 3.8) is 0 Å². The number of hydrogen-bond donors (Lipinski definition) is 1. The highest BCUT2D eigenvalue weighted by atomic mass is 16.7. The van der Waals surface area contributed by atoms with Gasteiger partial charge in [-0.1, -0.05) is 50.2 Å². The summed E-state index contributed by atoms with van der Waals surface area (Å²) in [6.45, 7) is 7.85. The van der Waals surface area contributed by atoms with E-state index in [0.717, 1.165) is 47.5 Å². The molecule has 1 fully saturated rings. The number of rotatable bonds is 6.